The molecule has 0 fully saturated rings. The highest BCUT2D eigenvalue weighted by Crippen LogP contribution is 2.45. The number of para-hydroxylation sites is 1. The fraction of sp³-hybridized carbons (Fsp3) is 0.250. The van der Waals surface area contributed by atoms with Crippen molar-refractivity contribution in [3.8, 4) is 0 Å². The molecule has 154 valence electrons. The normalized spacial score (nSPS) is 17.3. The Balaban J connectivity index is 1.97. The predicted octanol–water partition coefficient (Wildman–Crippen LogP) is 5.64. The maximum Gasteiger partial charge on any atom is 0.294 e. The second-order valence-electron chi connectivity index (χ2n) is 8.64. The number of nitrogens with zero attached hydrogens (tertiary/aromatic N) is 1. The summed E-state index contributed by atoms with van der Waals surface area (Å²) in [5.41, 5.74) is 2.36. The number of H-pyrrole nitrogens is 1. The summed E-state index contributed by atoms with van der Waals surface area (Å²) in [4.78, 5) is 31.2. The van der Waals surface area contributed by atoms with Gasteiger partial charge in [-0.25, -0.2) is 0 Å². The van der Waals surface area contributed by atoms with E-state index in [4.69, 9.17) is 11.6 Å². The fourth-order valence-corrected chi connectivity index (χ4v) is 4.03. The van der Waals surface area contributed by atoms with Crippen LogP contribution in [-0.4, -0.2) is 21.8 Å². The van der Waals surface area contributed by atoms with Crippen molar-refractivity contribution in [3.63, 3.8) is 0 Å². The molecule has 1 aliphatic heterocycles. The van der Waals surface area contributed by atoms with Gasteiger partial charge in [0.15, 0.2) is 11.5 Å². The Kier molecular flexibility index (Phi) is 4.74. The smallest absolute Gasteiger partial charge is 0.294 e. The Hall–Kier alpha value is -3.05. The summed E-state index contributed by atoms with van der Waals surface area (Å²) in [5.74, 6) is -1.40. The van der Waals surface area contributed by atoms with E-state index in [2.05, 4.69) is 4.98 Å². The van der Waals surface area contributed by atoms with Crippen LogP contribution in [0, 0.1) is 12.3 Å². The number of carbonyl (C=O) groups excluding carboxylic acids is 2. The first-order chi connectivity index (χ1) is 14.1. The van der Waals surface area contributed by atoms with E-state index in [1.807, 2.05) is 37.3 Å². The Bertz CT molecular complexity index is 1220. The number of halogens is 1. The molecule has 1 amide bonds. The van der Waals surface area contributed by atoms with E-state index < -0.39 is 23.1 Å². The van der Waals surface area contributed by atoms with Crippen molar-refractivity contribution in [2.24, 2.45) is 5.41 Å². The lowest BCUT2D eigenvalue weighted by Gasteiger charge is -2.28. The predicted molar refractivity (Wildman–Crippen MR) is 119 cm³/mol. The molecule has 0 saturated heterocycles. The van der Waals surface area contributed by atoms with Gasteiger partial charge in [0.1, 0.15) is 0 Å². The van der Waals surface area contributed by atoms with Crippen LogP contribution in [0.2, 0.25) is 5.02 Å². The minimum absolute atomic E-state index is 0.106. The number of aliphatic hydroxyl groups excluding tert-OH is 1. The zero-order valence-electron chi connectivity index (χ0n) is 17.3. The van der Waals surface area contributed by atoms with Gasteiger partial charge in [0, 0.05) is 38.8 Å². The van der Waals surface area contributed by atoms with Crippen LogP contribution in [-0.2, 0) is 9.59 Å². The molecule has 30 heavy (non-hydrogen) atoms. The molecular weight excluding hydrogens is 400 g/mol. The summed E-state index contributed by atoms with van der Waals surface area (Å²) in [6.07, 6.45) is 1.79. The SMILES string of the molecule is Cc1ccc(N2C(=O)C(O)=C(C(=O)C(C)(C)C)C2c2c[nH]c3ccccc23)cc1Cl. The van der Waals surface area contributed by atoms with Crippen molar-refractivity contribution < 1.29 is 14.7 Å². The molecule has 2 heterocycles. The summed E-state index contributed by atoms with van der Waals surface area (Å²) < 4.78 is 0. The summed E-state index contributed by atoms with van der Waals surface area (Å²) in [7, 11) is 0. The highest BCUT2D eigenvalue weighted by Gasteiger charge is 2.47. The zero-order valence-corrected chi connectivity index (χ0v) is 18.0. The number of ketones is 1. The molecule has 6 heteroatoms. The van der Waals surface area contributed by atoms with Crippen LogP contribution in [0.25, 0.3) is 10.9 Å². The first-order valence-electron chi connectivity index (χ1n) is 9.75. The number of aromatic nitrogens is 1. The van der Waals surface area contributed by atoms with Gasteiger partial charge in [-0.15, -0.1) is 0 Å². The number of nitrogens with one attached hydrogen (secondary N) is 1. The number of Topliss-reactive ketones (excluding diaryl/α,β-unsaturated/α-hetero) is 1. The van der Waals surface area contributed by atoms with Crippen LogP contribution >= 0.6 is 11.6 Å². The van der Waals surface area contributed by atoms with Gasteiger partial charge in [0.2, 0.25) is 0 Å². The number of aryl methyl sites for hydroxylation is 1. The number of benzene rings is 2. The molecule has 0 aliphatic carbocycles. The summed E-state index contributed by atoms with van der Waals surface area (Å²) in [6.45, 7) is 7.20. The summed E-state index contributed by atoms with van der Waals surface area (Å²) in [5, 5.41) is 12.2. The first kappa shape index (κ1) is 20.2. The number of hydrogen-bond donors (Lipinski definition) is 2. The Morgan fingerprint density at radius 2 is 1.87 bits per heavy atom. The number of aromatic amines is 1. The molecule has 3 aromatic rings. The van der Waals surface area contributed by atoms with Crippen LogP contribution in [0.15, 0.2) is 60.0 Å². The van der Waals surface area contributed by atoms with E-state index in [0.29, 0.717) is 10.7 Å². The molecule has 0 spiro atoms. The van der Waals surface area contributed by atoms with Crippen LogP contribution < -0.4 is 4.90 Å². The first-order valence-corrected chi connectivity index (χ1v) is 10.1. The van der Waals surface area contributed by atoms with Crippen LogP contribution in [0.3, 0.4) is 0 Å². The van der Waals surface area contributed by atoms with Gasteiger partial charge < -0.3 is 10.1 Å². The number of fused-ring (bicyclic) bond motifs is 1. The second-order valence-corrected chi connectivity index (χ2v) is 9.05. The largest absolute Gasteiger partial charge is 0.503 e. The quantitative estimate of drug-likeness (QED) is 0.573. The number of amides is 1. The molecule has 0 saturated carbocycles. The van der Waals surface area contributed by atoms with Gasteiger partial charge in [-0.1, -0.05) is 56.6 Å². The lowest BCUT2D eigenvalue weighted by Crippen LogP contribution is -2.32. The number of hydrogen-bond acceptors (Lipinski definition) is 3. The van der Waals surface area contributed by atoms with Crippen molar-refractivity contribution in [1.29, 1.82) is 0 Å². The lowest BCUT2D eigenvalue weighted by molar-refractivity contribution is -0.123. The third kappa shape index (κ3) is 3.10. The maximum atomic E-state index is 13.3. The molecule has 1 unspecified atom stereocenters. The van der Waals surface area contributed by atoms with Crippen LogP contribution in [0.1, 0.15) is 37.9 Å². The van der Waals surface area contributed by atoms with Crippen molar-refractivity contribution in [2.45, 2.75) is 33.7 Å². The van der Waals surface area contributed by atoms with E-state index in [1.54, 1.807) is 39.1 Å². The van der Waals surface area contributed by atoms with E-state index in [9.17, 15) is 14.7 Å². The van der Waals surface area contributed by atoms with Gasteiger partial charge in [0.25, 0.3) is 5.91 Å². The molecule has 1 atom stereocenters. The van der Waals surface area contributed by atoms with Gasteiger partial charge in [0.05, 0.1) is 11.6 Å². The third-order valence-electron chi connectivity index (χ3n) is 5.48. The minimum Gasteiger partial charge on any atom is -0.503 e. The molecule has 0 radical (unpaired) electrons. The fourth-order valence-electron chi connectivity index (χ4n) is 3.85. The van der Waals surface area contributed by atoms with E-state index in [0.717, 1.165) is 22.0 Å². The molecule has 5 nitrogen and oxygen atoms in total. The number of aliphatic hydroxyl groups is 1. The minimum atomic E-state index is -0.769. The Morgan fingerprint density at radius 3 is 2.53 bits per heavy atom. The average molecular weight is 423 g/mol. The van der Waals surface area contributed by atoms with Gasteiger partial charge in [-0.05, 0) is 30.7 Å². The second kappa shape index (κ2) is 7.03. The standard InChI is InChI=1S/C24H23ClN2O3/c1-13-9-10-14(11-17(13)25)27-20(16-12-26-18-8-6-5-7-15(16)18)19(21(28)23(27)30)22(29)24(2,3)4/h5-12,20,26,28H,1-4H3. The van der Waals surface area contributed by atoms with Crippen molar-refractivity contribution in [2.75, 3.05) is 4.90 Å². The Labute approximate surface area is 180 Å². The molecule has 1 aromatic heterocycles. The van der Waals surface area contributed by atoms with Crippen molar-refractivity contribution in [3.05, 3.63) is 76.1 Å². The van der Waals surface area contributed by atoms with Crippen LogP contribution in [0.4, 0.5) is 5.69 Å². The maximum absolute atomic E-state index is 13.3. The average Bonchev–Trinajstić information content (AvgIpc) is 3.22. The molecule has 2 N–H and O–H groups in total. The monoisotopic (exact) mass is 422 g/mol. The summed E-state index contributed by atoms with van der Waals surface area (Å²) in [6, 6.07) is 12.2. The Morgan fingerprint density at radius 1 is 1.17 bits per heavy atom. The van der Waals surface area contributed by atoms with Gasteiger partial charge in [-0.3, -0.25) is 14.5 Å². The van der Waals surface area contributed by atoms with Gasteiger partial charge >= 0.3 is 0 Å². The molecule has 4 rings (SSSR count). The number of anilines is 1. The van der Waals surface area contributed by atoms with Gasteiger partial charge in [-0.2, -0.15) is 0 Å². The molecule has 1 aliphatic rings. The van der Waals surface area contributed by atoms with Crippen molar-refractivity contribution >= 4 is 39.9 Å². The number of rotatable bonds is 3. The van der Waals surface area contributed by atoms with Crippen LogP contribution in [0.5, 0.6) is 0 Å². The highest BCUT2D eigenvalue weighted by atomic mass is 35.5. The third-order valence-corrected chi connectivity index (χ3v) is 5.89. The van der Waals surface area contributed by atoms with E-state index in [1.165, 1.54) is 4.90 Å². The van der Waals surface area contributed by atoms with E-state index in [-0.39, 0.29) is 11.4 Å². The van der Waals surface area contributed by atoms with Crippen molar-refractivity contribution in [1.82, 2.24) is 4.98 Å². The lowest BCUT2D eigenvalue weighted by atomic mass is 9.82. The summed E-state index contributed by atoms with van der Waals surface area (Å²) >= 11 is 6.33. The zero-order chi connectivity index (χ0) is 21.8. The van der Waals surface area contributed by atoms with E-state index >= 15 is 0 Å². The molecule has 2 aromatic carbocycles. The molecule has 0 bridgehead atoms. The number of carbonyl (C=O) groups is 2. The highest BCUT2D eigenvalue weighted by molar-refractivity contribution is 6.31. The topological polar surface area (TPSA) is 73.4 Å². The molecular formula is C24H23ClN2O3.